The molecule has 1 rings (SSSR count). The summed E-state index contributed by atoms with van der Waals surface area (Å²) in [5, 5.41) is 12.3. The molecule has 0 amide bonds. The highest BCUT2D eigenvalue weighted by Gasteiger charge is 2.29. The summed E-state index contributed by atoms with van der Waals surface area (Å²) in [5.41, 5.74) is 0. The third kappa shape index (κ3) is 5.17. The molecular formula is C12H25NO2. The third-order valence-corrected chi connectivity index (χ3v) is 2.74. The fourth-order valence-corrected chi connectivity index (χ4v) is 2.00. The van der Waals surface area contributed by atoms with Gasteiger partial charge in [-0.25, -0.2) is 0 Å². The zero-order valence-electron chi connectivity index (χ0n) is 10.3. The van der Waals surface area contributed by atoms with E-state index in [-0.39, 0.29) is 12.0 Å². The topological polar surface area (TPSA) is 49.3 Å². The summed E-state index contributed by atoms with van der Waals surface area (Å²) in [4.78, 5) is 10.9. The summed E-state index contributed by atoms with van der Waals surface area (Å²) in [6.07, 6.45) is 5.18. The average molecular weight is 215 g/mol. The monoisotopic (exact) mass is 215 g/mol. The second kappa shape index (κ2) is 8.72. The highest BCUT2D eigenvalue weighted by Crippen LogP contribution is 2.24. The highest BCUT2D eigenvalue weighted by atomic mass is 16.4. The predicted octanol–water partition coefficient (Wildman–Crippen LogP) is 2.66. The molecule has 90 valence electrons. The molecule has 0 saturated heterocycles. The number of carbonyl (C=O) groups is 1. The molecule has 0 aromatic heterocycles. The van der Waals surface area contributed by atoms with Gasteiger partial charge < -0.3 is 10.4 Å². The number of rotatable bonds is 4. The maximum Gasteiger partial charge on any atom is 0.308 e. The Bertz CT molecular complexity index is 171. The zero-order chi connectivity index (χ0) is 11.7. The molecule has 2 N–H and O–H groups in total. The number of hydrogen-bond acceptors (Lipinski definition) is 2. The van der Waals surface area contributed by atoms with E-state index in [2.05, 4.69) is 12.2 Å². The number of aliphatic carboxylic acids is 1. The van der Waals surface area contributed by atoms with Gasteiger partial charge in [-0.2, -0.15) is 0 Å². The number of nitrogens with one attached hydrogen (secondary N) is 1. The minimum absolute atomic E-state index is 0.153. The van der Waals surface area contributed by atoms with Crippen molar-refractivity contribution in [3.8, 4) is 0 Å². The first-order valence-corrected chi connectivity index (χ1v) is 6.22. The predicted molar refractivity (Wildman–Crippen MR) is 63.0 cm³/mol. The van der Waals surface area contributed by atoms with Gasteiger partial charge >= 0.3 is 5.97 Å². The summed E-state index contributed by atoms with van der Waals surface area (Å²) >= 11 is 0. The second-order valence-electron chi connectivity index (χ2n) is 3.79. The van der Waals surface area contributed by atoms with Crippen LogP contribution in [0.3, 0.4) is 0 Å². The van der Waals surface area contributed by atoms with Gasteiger partial charge in [-0.15, -0.1) is 0 Å². The van der Waals surface area contributed by atoms with Crippen molar-refractivity contribution in [1.29, 1.82) is 0 Å². The molecule has 0 aromatic rings. The van der Waals surface area contributed by atoms with Crippen LogP contribution in [-0.2, 0) is 4.79 Å². The van der Waals surface area contributed by atoms with Gasteiger partial charge in [-0.05, 0) is 25.8 Å². The van der Waals surface area contributed by atoms with Crippen molar-refractivity contribution in [2.45, 2.75) is 58.9 Å². The molecule has 3 nitrogen and oxygen atoms in total. The van der Waals surface area contributed by atoms with E-state index in [1.165, 1.54) is 6.42 Å². The van der Waals surface area contributed by atoms with Crippen LogP contribution >= 0.6 is 0 Å². The fourth-order valence-electron chi connectivity index (χ4n) is 2.00. The zero-order valence-corrected chi connectivity index (χ0v) is 10.3. The molecule has 1 aliphatic carbocycles. The standard InChI is InChI=1S/C10H19NO2.C2H6/c1-2-7-11-9-6-4-3-5-8(9)10(12)13;1-2/h8-9,11H,2-7H2,1H3,(H,12,13);1-2H3. The molecule has 1 fully saturated rings. The molecule has 15 heavy (non-hydrogen) atoms. The van der Waals surface area contributed by atoms with Gasteiger partial charge in [0.15, 0.2) is 0 Å². The second-order valence-corrected chi connectivity index (χ2v) is 3.79. The highest BCUT2D eigenvalue weighted by molar-refractivity contribution is 5.71. The van der Waals surface area contributed by atoms with Crippen molar-refractivity contribution in [1.82, 2.24) is 5.32 Å². The Hall–Kier alpha value is -0.570. The van der Waals surface area contributed by atoms with Gasteiger partial charge in [0.2, 0.25) is 0 Å². The molecule has 0 radical (unpaired) electrons. The molecule has 0 spiro atoms. The summed E-state index contributed by atoms with van der Waals surface area (Å²) in [7, 11) is 0. The quantitative estimate of drug-likeness (QED) is 0.758. The Kier molecular flexibility index (Phi) is 8.38. The average Bonchev–Trinajstić information content (AvgIpc) is 2.29. The van der Waals surface area contributed by atoms with E-state index in [1.807, 2.05) is 13.8 Å². The molecule has 3 heteroatoms. The van der Waals surface area contributed by atoms with Gasteiger partial charge in [-0.3, -0.25) is 4.79 Å². The summed E-state index contributed by atoms with van der Waals surface area (Å²) < 4.78 is 0. The Balaban J connectivity index is 0.000000921. The minimum Gasteiger partial charge on any atom is -0.481 e. The molecule has 1 aliphatic rings. The van der Waals surface area contributed by atoms with Crippen LogP contribution in [0.4, 0.5) is 0 Å². The minimum atomic E-state index is -0.631. The lowest BCUT2D eigenvalue weighted by molar-refractivity contribution is -0.143. The summed E-state index contributed by atoms with van der Waals surface area (Å²) in [6, 6.07) is 0.214. The molecule has 0 aliphatic heterocycles. The van der Waals surface area contributed by atoms with Crippen LogP contribution in [0.25, 0.3) is 0 Å². The SMILES string of the molecule is CC.CCCNC1CCCCC1C(=O)O. The van der Waals surface area contributed by atoms with Crippen molar-refractivity contribution in [2.75, 3.05) is 6.54 Å². The van der Waals surface area contributed by atoms with Crippen LogP contribution in [0.2, 0.25) is 0 Å². The molecular weight excluding hydrogens is 190 g/mol. The van der Waals surface area contributed by atoms with Crippen LogP contribution in [0.1, 0.15) is 52.9 Å². The fraction of sp³-hybridized carbons (Fsp3) is 0.917. The smallest absolute Gasteiger partial charge is 0.308 e. The van der Waals surface area contributed by atoms with E-state index in [4.69, 9.17) is 5.11 Å². The van der Waals surface area contributed by atoms with E-state index in [1.54, 1.807) is 0 Å². The van der Waals surface area contributed by atoms with E-state index < -0.39 is 5.97 Å². The maximum absolute atomic E-state index is 10.9. The maximum atomic E-state index is 10.9. The molecule has 1 saturated carbocycles. The molecule has 2 atom stereocenters. The first-order valence-electron chi connectivity index (χ1n) is 6.22. The first-order chi connectivity index (χ1) is 7.25. The molecule has 0 heterocycles. The van der Waals surface area contributed by atoms with Crippen molar-refractivity contribution in [3.05, 3.63) is 0 Å². The lowest BCUT2D eigenvalue weighted by atomic mass is 9.84. The van der Waals surface area contributed by atoms with Crippen LogP contribution < -0.4 is 5.32 Å². The molecule has 0 bridgehead atoms. The van der Waals surface area contributed by atoms with E-state index in [0.717, 1.165) is 32.2 Å². The van der Waals surface area contributed by atoms with Crippen LogP contribution in [0.15, 0.2) is 0 Å². The van der Waals surface area contributed by atoms with Crippen molar-refractivity contribution in [3.63, 3.8) is 0 Å². The van der Waals surface area contributed by atoms with E-state index >= 15 is 0 Å². The summed E-state index contributed by atoms with van der Waals surface area (Å²) in [5.74, 6) is -0.784. The number of hydrogen-bond donors (Lipinski definition) is 2. The first kappa shape index (κ1) is 14.4. The van der Waals surface area contributed by atoms with Crippen molar-refractivity contribution < 1.29 is 9.90 Å². The van der Waals surface area contributed by atoms with Gasteiger partial charge in [0.25, 0.3) is 0 Å². The lowest BCUT2D eigenvalue weighted by Gasteiger charge is -2.29. The third-order valence-electron chi connectivity index (χ3n) is 2.74. The lowest BCUT2D eigenvalue weighted by Crippen LogP contribution is -2.42. The van der Waals surface area contributed by atoms with E-state index in [0.29, 0.717) is 0 Å². The normalized spacial score (nSPS) is 25.3. The Morgan fingerprint density at radius 1 is 1.33 bits per heavy atom. The van der Waals surface area contributed by atoms with Gasteiger partial charge in [0.05, 0.1) is 5.92 Å². The van der Waals surface area contributed by atoms with E-state index in [9.17, 15) is 4.79 Å². The van der Waals surface area contributed by atoms with Crippen molar-refractivity contribution >= 4 is 5.97 Å². The van der Waals surface area contributed by atoms with Crippen LogP contribution in [0.5, 0.6) is 0 Å². The largest absolute Gasteiger partial charge is 0.481 e. The van der Waals surface area contributed by atoms with Gasteiger partial charge in [0.1, 0.15) is 0 Å². The van der Waals surface area contributed by atoms with Crippen LogP contribution in [-0.4, -0.2) is 23.7 Å². The van der Waals surface area contributed by atoms with Crippen molar-refractivity contribution in [2.24, 2.45) is 5.92 Å². The van der Waals surface area contributed by atoms with Gasteiger partial charge in [0, 0.05) is 6.04 Å². The Labute approximate surface area is 93.3 Å². The summed E-state index contributed by atoms with van der Waals surface area (Å²) in [6.45, 7) is 7.04. The van der Waals surface area contributed by atoms with Crippen LogP contribution in [0, 0.1) is 5.92 Å². The number of carboxylic acids is 1. The number of carboxylic acid groups (broad SMARTS) is 1. The molecule has 2 unspecified atom stereocenters. The Morgan fingerprint density at radius 2 is 1.93 bits per heavy atom. The molecule has 0 aromatic carbocycles. The van der Waals surface area contributed by atoms with Gasteiger partial charge in [-0.1, -0.05) is 33.6 Å². The Morgan fingerprint density at radius 3 is 2.47 bits per heavy atom.